The first kappa shape index (κ1) is 15.2. The highest BCUT2D eigenvalue weighted by Crippen LogP contribution is 2.21. The Morgan fingerprint density at radius 3 is 2.81 bits per heavy atom. The van der Waals surface area contributed by atoms with Gasteiger partial charge in [0.2, 0.25) is 5.95 Å². The van der Waals surface area contributed by atoms with Crippen LogP contribution in [-0.4, -0.2) is 39.3 Å². The molecule has 0 bridgehead atoms. The lowest BCUT2D eigenvalue weighted by Crippen LogP contribution is -2.14. The summed E-state index contributed by atoms with van der Waals surface area (Å²) in [5.74, 6) is 1.32. The van der Waals surface area contributed by atoms with E-state index in [9.17, 15) is 0 Å². The fourth-order valence-corrected chi connectivity index (χ4v) is 1.84. The molecule has 0 saturated heterocycles. The molecule has 0 saturated carbocycles. The summed E-state index contributed by atoms with van der Waals surface area (Å²) in [5, 5.41) is 15.3. The fraction of sp³-hybridized carbons (Fsp3) is 0.400. The minimum Gasteiger partial charge on any atom is -0.396 e. The van der Waals surface area contributed by atoms with Gasteiger partial charge in [-0.15, -0.1) is 0 Å². The lowest BCUT2D eigenvalue weighted by molar-refractivity contribution is 0.292. The molecule has 2 aromatic rings. The van der Waals surface area contributed by atoms with E-state index < -0.39 is 0 Å². The van der Waals surface area contributed by atoms with Crippen LogP contribution in [0.5, 0.6) is 0 Å². The molecule has 0 fully saturated rings. The zero-order valence-electron chi connectivity index (χ0n) is 12.4. The number of hydrogen-bond donors (Lipinski definition) is 3. The van der Waals surface area contributed by atoms with Crippen LogP contribution in [0.15, 0.2) is 30.6 Å². The maximum atomic E-state index is 8.85. The summed E-state index contributed by atoms with van der Waals surface area (Å²) in [5.41, 5.74) is 1.75. The van der Waals surface area contributed by atoms with Crippen molar-refractivity contribution in [3.63, 3.8) is 0 Å². The minimum absolute atomic E-state index is 0.145. The summed E-state index contributed by atoms with van der Waals surface area (Å²) in [6, 6.07) is 6.04. The van der Waals surface area contributed by atoms with E-state index in [4.69, 9.17) is 5.11 Å². The lowest BCUT2D eigenvalue weighted by atomic mass is 10.2. The van der Waals surface area contributed by atoms with Crippen LogP contribution >= 0.6 is 0 Å². The van der Waals surface area contributed by atoms with Gasteiger partial charge in [0.25, 0.3) is 0 Å². The highest BCUT2D eigenvalue weighted by molar-refractivity contribution is 5.63. The first-order chi connectivity index (χ1) is 10.2. The molecule has 0 aromatic carbocycles. The Bertz CT molecular complexity index is 559. The monoisotopic (exact) mass is 287 g/mol. The topological polar surface area (TPSA) is 83.0 Å². The fourth-order valence-electron chi connectivity index (χ4n) is 1.84. The number of pyridine rings is 1. The van der Waals surface area contributed by atoms with E-state index in [0.717, 1.165) is 17.1 Å². The molecule has 0 aliphatic heterocycles. The second-order valence-corrected chi connectivity index (χ2v) is 5.01. The molecule has 2 aromatic heterocycles. The predicted octanol–water partition coefficient (Wildman–Crippen LogP) is 2.15. The summed E-state index contributed by atoms with van der Waals surface area (Å²) < 4.78 is 0. The van der Waals surface area contributed by atoms with Crippen LogP contribution in [0.2, 0.25) is 0 Å². The summed E-state index contributed by atoms with van der Waals surface area (Å²) in [7, 11) is 0. The highest BCUT2D eigenvalue weighted by atomic mass is 16.3. The third kappa shape index (κ3) is 4.68. The smallest absolute Gasteiger partial charge is 0.225 e. The van der Waals surface area contributed by atoms with Crippen molar-refractivity contribution in [3.05, 3.63) is 30.6 Å². The lowest BCUT2D eigenvalue weighted by Gasteiger charge is -2.13. The molecule has 0 aliphatic carbocycles. The van der Waals surface area contributed by atoms with Gasteiger partial charge in [-0.2, -0.15) is 4.98 Å². The van der Waals surface area contributed by atoms with E-state index in [2.05, 4.69) is 39.4 Å². The third-order valence-electron chi connectivity index (χ3n) is 2.74. The van der Waals surface area contributed by atoms with Gasteiger partial charge in [-0.25, -0.2) is 4.98 Å². The van der Waals surface area contributed by atoms with Crippen LogP contribution in [-0.2, 0) is 0 Å². The molecule has 0 atom stereocenters. The van der Waals surface area contributed by atoms with Gasteiger partial charge < -0.3 is 15.7 Å². The summed E-state index contributed by atoms with van der Waals surface area (Å²) in [6.45, 7) is 4.90. The van der Waals surface area contributed by atoms with Crippen molar-refractivity contribution in [1.82, 2.24) is 15.0 Å². The molecule has 2 rings (SSSR count). The third-order valence-corrected chi connectivity index (χ3v) is 2.74. The van der Waals surface area contributed by atoms with Crippen molar-refractivity contribution in [3.8, 4) is 11.3 Å². The van der Waals surface area contributed by atoms with Crippen molar-refractivity contribution < 1.29 is 5.11 Å². The van der Waals surface area contributed by atoms with E-state index in [1.807, 2.05) is 18.2 Å². The number of nitrogens with one attached hydrogen (secondary N) is 2. The number of aromatic nitrogens is 3. The molecular weight excluding hydrogens is 266 g/mol. The molecule has 0 aliphatic rings. The molecule has 0 unspecified atom stereocenters. The first-order valence-electron chi connectivity index (χ1n) is 7.10. The average molecular weight is 287 g/mol. The molecule has 0 spiro atoms. The van der Waals surface area contributed by atoms with Gasteiger partial charge in [0.05, 0.1) is 5.69 Å². The molecule has 0 amide bonds. The van der Waals surface area contributed by atoms with Gasteiger partial charge in [-0.1, -0.05) is 0 Å². The average Bonchev–Trinajstić information content (AvgIpc) is 2.47. The zero-order chi connectivity index (χ0) is 15.1. The van der Waals surface area contributed by atoms with Crippen LogP contribution in [0.3, 0.4) is 0 Å². The van der Waals surface area contributed by atoms with E-state index in [1.165, 1.54) is 0 Å². The Balaban J connectivity index is 2.28. The van der Waals surface area contributed by atoms with Gasteiger partial charge in [-0.05, 0) is 32.4 Å². The number of anilines is 2. The summed E-state index contributed by atoms with van der Waals surface area (Å²) in [6.07, 6.45) is 4.17. The second-order valence-electron chi connectivity index (χ2n) is 5.01. The number of aliphatic hydroxyl groups is 1. The maximum absolute atomic E-state index is 8.85. The van der Waals surface area contributed by atoms with Crippen LogP contribution in [0.25, 0.3) is 11.3 Å². The minimum atomic E-state index is 0.145. The van der Waals surface area contributed by atoms with Gasteiger partial charge in [-0.3, -0.25) is 4.98 Å². The molecular formula is C15H21N5O. The van der Waals surface area contributed by atoms with E-state index in [-0.39, 0.29) is 12.6 Å². The van der Waals surface area contributed by atoms with Crippen LogP contribution in [0.4, 0.5) is 11.8 Å². The van der Waals surface area contributed by atoms with E-state index >= 15 is 0 Å². The molecule has 21 heavy (non-hydrogen) atoms. The largest absolute Gasteiger partial charge is 0.396 e. The zero-order valence-corrected chi connectivity index (χ0v) is 12.4. The molecule has 112 valence electrons. The first-order valence-corrected chi connectivity index (χ1v) is 7.10. The normalized spacial score (nSPS) is 10.7. The van der Waals surface area contributed by atoms with E-state index in [0.29, 0.717) is 18.9 Å². The predicted molar refractivity (Wildman–Crippen MR) is 84.2 cm³/mol. The van der Waals surface area contributed by atoms with Gasteiger partial charge in [0.1, 0.15) is 5.82 Å². The highest BCUT2D eigenvalue weighted by Gasteiger charge is 2.07. The Morgan fingerprint density at radius 1 is 1.29 bits per heavy atom. The van der Waals surface area contributed by atoms with Crippen molar-refractivity contribution >= 4 is 11.8 Å². The van der Waals surface area contributed by atoms with Gasteiger partial charge in [0.15, 0.2) is 0 Å². The maximum Gasteiger partial charge on any atom is 0.225 e. The van der Waals surface area contributed by atoms with Crippen molar-refractivity contribution in [1.29, 1.82) is 0 Å². The summed E-state index contributed by atoms with van der Waals surface area (Å²) in [4.78, 5) is 13.1. The Hall–Kier alpha value is -2.21. The second kappa shape index (κ2) is 7.54. The molecule has 0 radical (unpaired) electrons. The molecule has 3 N–H and O–H groups in total. The quantitative estimate of drug-likeness (QED) is 0.677. The molecule has 6 nitrogen and oxygen atoms in total. The molecule has 6 heteroatoms. The van der Waals surface area contributed by atoms with E-state index in [1.54, 1.807) is 12.4 Å². The summed E-state index contributed by atoms with van der Waals surface area (Å²) >= 11 is 0. The van der Waals surface area contributed by atoms with Gasteiger partial charge in [0, 0.05) is 43.2 Å². The number of nitrogens with zero attached hydrogens (tertiary/aromatic N) is 3. The van der Waals surface area contributed by atoms with Crippen molar-refractivity contribution in [2.24, 2.45) is 0 Å². The van der Waals surface area contributed by atoms with Crippen LogP contribution < -0.4 is 10.6 Å². The van der Waals surface area contributed by atoms with Crippen LogP contribution in [0, 0.1) is 0 Å². The Kier molecular flexibility index (Phi) is 5.45. The van der Waals surface area contributed by atoms with Gasteiger partial charge >= 0.3 is 0 Å². The Labute approximate surface area is 124 Å². The Morgan fingerprint density at radius 2 is 2.14 bits per heavy atom. The number of rotatable bonds is 7. The van der Waals surface area contributed by atoms with Crippen molar-refractivity contribution in [2.75, 3.05) is 23.8 Å². The molecule has 2 heterocycles. The standard InChI is InChI=1S/C15H21N5O/c1-11(2)18-14-9-13(12-5-3-6-16-10-12)19-15(20-14)17-7-4-8-21/h3,5-6,9-11,21H,4,7-8H2,1-2H3,(H2,17,18,19,20). The van der Waals surface area contributed by atoms with Crippen LogP contribution in [0.1, 0.15) is 20.3 Å². The SMILES string of the molecule is CC(C)Nc1cc(-c2cccnc2)nc(NCCCO)n1. The van der Waals surface area contributed by atoms with Crippen molar-refractivity contribution in [2.45, 2.75) is 26.3 Å². The number of aliphatic hydroxyl groups excluding tert-OH is 1. The number of hydrogen-bond acceptors (Lipinski definition) is 6.